The molecule has 0 radical (unpaired) electrons. The number of hydrogen-bond acceptors (Lipinski definition) is 5. The van der Waals surface area contributed by atoms with Crippen molar-refractivity contribution in [2.75, 3.05) is 0 Å². The number of nitrogens with zero attached hydrogens (tertiary/aromatic N) is 3. The van der Waals surface area contributed by atoms with Crippen LogP contribution in [0.4, 0.5) is 11.4 Å². The maximum atomic E-state index is 11.9. The van der Waals surface area contributed by atoms with Gasteiger partial charge in [0.05, 0.1) is 16.9 Å². The van der Waals surface area contributed by atoms with Crippen LogP contribution in [0.1, 0.15) is 10.4 Å². The Morgan fingerprint density at radius 2 is 1.87 bits per heavy atom. The predicted octanol–water partition coefficient (Wildman–Crippen LogP) is 2.88. The van der Waals surface area contributed by atoms with Gasteiger partial charge >= 0.3 is 5.97 Å². The number of aromatic amines is 2. The van der Waals surface area contributed by atoms with Gasteiger partial charge in [0.2, 0.25) is 0 Å². The summed E-state index contributed by atoms with van der Waals surface area (Å²) in [6.45, 7) is 0. The molecule has 0 atom stereocenters. The molecule has 0 aliphatic carbocycles. The molecule has 2 heterocycles. The van der Waals surface area contributed by atoms with Gasteiger partial charge in [-0.15, -0.1) is 5.11 Å². The Morgan fingerprint density at radius 3 is 2.61 bits per heavy atom. The number of carbonyl (C=O) groups is 1. The number of pyridine rings is 1. The molecule has 3 N–H and O–H groups in total. The third-order valence-electron chi connectivity index (χ3n) is 3.08. The third-order valence-corrected chi connectivity index (χ3v) is 3.08. The van der Waals surface area contributed by atoms with Crippen LogP contribution < -0.4 is 5.56 Å². The first-order valence-corrected chi connectivity index (χ1v) is 6.61. The van der Waals surface area contributed by atoms with Gasteiger partial charge in [0.1, 0.15) is 0 Å². The number of H-pyrrole nitrogens is 2. The van der Waals surface area contributed by atoms with Gasteiger partial charge in [0, 0.05) is 18.0 Å². The lowest BCUT2D eigenvalue weighted by atomic mass is 10.2. The van der Waals surface area contributed by atoms with E-state index in [1.54, 1.807) is 36.7 Å². The van der Waals surface area contributed by atoms with Crippen LogP contribution in [0.2, 0.25) is 0 Å². The van der Waals surface area contributed by atoms with Crippen molar-refractivity contribution in [1.82, 2.24) is 15.2 Å². The quantitative estimate of drug-likeness (QED) is 0.641. The summed E-state index contributed by atoms with van der Waals surface area (Å²) in [5, 5.41) is 22.1. The molecule has 0 saturated carbocycles. The molecule has 1 aromatic carbocycles. The SMILES string of the molecule is O=C(O)c1cccc(N=Nc2c(-c3ccncc3)[nH][nH]c2=O)c1. The highest BCUT2D eigenvalue weighted by atomic mass is 16.4. The molecule has 8 nitrogen and oxygen atoms in total. The molecule has 0 bridgehead atoms. The van der Waals surface area contributed by atoms with Crippen molar-refractivity contribution in [3.05, 3.63) is 64.7 Å². The molecule has 114 valence electrons. The molecular formula is C15H11N5O3. The Morgan fingerprint density at radius 1 is 1.09 bits per heavy atom. The Labute approximate surface area is 129 Å². The van der Waals surface area contributed by atoms with Gasteiger partial charge in [-0.2, -0.15) is 5.11 Å². The van der Waals surface area contributed by atoms with Crippen molar-refractivity contribution >= 4 is 17.3 Å². The van der Waals surface area contributed by atoms with E-state index in [2.05, 4.69) is 25.4 Å². The zero-order chi connectivity index (χ0) is 16.2. The largest absolute Gasteiger partial charge is 0.478 e. The molecule has 0 unspecified atom stereocenters. The molecule has 0 aliphatic rings. The average Bonchev–Trinajstić information content (AvgIpc) is 2.95. The number of azo groups is 1. The maximum Gasteiger partial charge on any atom is 0.335 e. The van der Waals surface area contributed by atoms with Crippen LogP contribution in [0.25, 0.3) is 11.3 Å². The van der Waals surface area contributed by atoms with Crippen LogP contribution in [0.3, 0.4) is 0 Å². The Balaban J connectivity index is 1.98. The zero-order valence-electron chi connectivity index (χ0n) is 11.7. The van der Waals surface area contributed by atoms with Crippen LogP contribution in [0.5, 0.6) is 0 Å². The molecule has 8 heteroatoms. The molecule has 0 fully saturated rings. The summed E-state index contributed by atoms with van der Waals surface area (Å²) >= 11 is 0. The van der Waals surface area contributed by atoms with E-state index < -0.39 is 11.5 Å². The second kappa shape index (κ2) is 6.06. The first kappa shape index (κ1) is 14.4. The van der Waals surface area contributed by atoms with E-state index in [1.165, 1.54) is 12.1 Å². The van der Waals surface area contributed by atoms with E-state index in [4.69, 9.17) is 5.11 Å². The lowest BCUT2D eigenvalue weighted by Crippen LogP contribution is -1.96. The highest BCUT2D eigenvalue weighted by molar-refractivity contribution is 5.88. The molecule has 3 aromatic rings. The lowest BCUT2D eigenvalue weighted by Gasteiger charge is -1.98. The van der Waals surface area contributed by atoms with Gasteiger partial charge in [-0.25, -0.2) is 4.79 Å². The zero-order valence-corrected chi connectivity index (χ0v) is 11.7. The van der Waals surface area contributed by atoms with E-state index in [9.17, 15) is 9.59 Å². The fourth-order valence-electron chi connectivity index (χ4n) is 1.98. The minimum absolute atomic E-state index is 0.0961. The van der Waals surface area contributed by atoms with Gasteiger partial charge < -0.3 is 5.11 Å². The summed E-state index contributed by atoms with van der Waals surface area (Å²) in [6.07, 6.45) is 3.19. The Bertz CT molecular complexity index is 928. The van der Waals surface area contributed by atoms with E-state index in [1.807, 2.05) is 0 Å². The minimum Gasteiger partial charge on any atom is -0.478 e. The second-order valence-corrected chi connectivity index (χ2v) is 4.59. The number of nitrogens with one attached hydrogen (secondary N) is 2. The highest BCUT2D eigenvalue weighted by Crippen LogP contribution is 2.26. The lowest BCUT2D eigenvalue weighted by molar-refractivity contribution is 0.0697. The average molecular weight is 309 g/mol. The van der Waals surface area contributed by atoms with Crippen LogP contribution in [-0.2, 0) is 0 Å². The first-order chi connectivity index (χ1) is 11.1. The predicted molar refractivity (Wildman–Crippen MR) is 82.2 cm³/mol. The summed E-state index contributed by atoms with van der Waals surface area (Å²) in [5.41, 5.74) is 1.33. The summed E-state index contributed by atoms with van der Waals surface area (Å²) in [6, 6.07) is 9.43. The van der Waals surface area contributed by atoms with Crippen molar-refractivity contribution in [2.24, 2.45) is 10.2 Å². The molecule has 0 aliphatic heterocycles. The van der Waals surface area contributed by atoms with Gasteiger partial charge in [-0.3, -0.25) is 20.0 Å². The van der Waals surface area contributed by atoms with Crippen molar-refractivity contribution in [3.8, 4) is 11.3 Å². The topological polar surface area (TPSA) is 124 Å². The van der Waals surface area contributed by atoms with Crippen LogP contribution in [0, 0.1) is 0 Å². The molecule has 3 rings (SSSR count). The molecular weight excluding hydrogens is 298 g/mol. The number of hydrogen-bond donors (Lipinski definition) is 3. The van der Waals surface area contributed by atoms with Gasteiger partial charge in [-0.05, 0) is 30.3 Å². The maximum absolute atomic E-state index is 11.9. The summed E-state index contributed by atoms with van der Waals surface area (Å²) in [5.74, 6) is -1.06. The fourth-order valence-corrected chi connectivity index (χ4v) is 1.98. The number of rotatable bonds is 4. The Kier molecular flexibility index (Phi) is 3.79. The molecule has 2 aromatic heterocycles. The minimum atomic E-state index is -1.06. The first-order valence-electron chi connectivity index (χ1n) is 6.61. The van der Waals surface area contributed by atoms with E-state index in [0.717, 1.165) is 5.56 Å². The van der Waals surface area contributed by atoms with Gasteiger partial charge in [0.25, 0.3) is 5.56 Å². The summed E-state index contributed by atoms with van der Waals surface area (Å²) in [4.78, 5) is 26.7. The molecule has 0 spiro atoms. The number of benzene rings is 1. The van der Waals surface area contributed by atoms with Crippen LogP contribution in [0.15, 0.2) is 63.8 Å². The van der Waals surface area contributed by atoms with Gasteiger partial charge in [-0.1, -0.05) is 6.07 Å². The molecule has 0 amide bonds. The van der Waals surface area contributed by atoms with E-state index in [-0.39, 0.29) is 11.3 Å². The van der Waals surface area contributed by atoms with Crippen molar-refractivity contribution < 1.29 is 9.90 Å². The smallest absolute Gasteiger partial charge is 0.335 e. The van der Waals surface area contributed by atoms with Crippen molar-refractivity contribution in [2.45, 2.75) is 0 Å². The van der Waals surface area contributed by atoms with Gasteiger partial charge in [0.15, 0.2) is 5.69 Å². The fraction of sp³-hybridized carbons (Fsp3) is 0. The molecule has 23 heavy (non-hydrogen) atoms. The Hall–Kier alpha value is -3.55. The summed E-state index contributed by atoms with van der Waals surface area (Å²) in [7, 11) is 0. The second-order valence-electron chi connectivity index (χ2n) is 4.59. The summed E-state index contributed by atoms with van der Waals surface area (Å²) < 4.78 is 0. The van der Waals surface area contributed by atoms with Crippen LogP contribution >= 0.6 is 0 Å². The monoisotopic (exact) mass is 309 g/mol. The van der Waals surface area contributed by atoms with Crippen LogP contribution in [-0.4, -0.2) is 26.3 Å². The number of aromatic carboxylic acids is 1. The number of carboxylic acids is 1. The number of carboxylic acid groups (broad SMARTS) is 1. The van der Waals surface area contributed by atoms with Crippen molar-refractivity contribution in [1.29, 1.82) is 0 Å². The van der Waals surface area contributed by atoms with E-state index >= 15 is 0 Å². The van der Waals surface area contributed by atoms with E-state index in [0.29, 0.717) is 11.4 Å². The normalized spacial score (nSPS) is 11.0. The standard InChI is InChI=1S/C15H11N5O3/c21-14-13(12(18-20-14)9-4-6-16-7-5-9)19-17-11-3-1-2-10(8-11)15(22)23/h1-8H,(H,22,23)(H2,18,20,21). The van der Waals surface area contributed by atoms with Crippen molar-refractivity contribution in [3.63, 3.8) is 0 Å². The third kappa shape index (κ3) is 3.05. The highest BCUT2D eigenvalue weighted by Gasteiger charge is 2.11. The number of aromatic nitrogens is 3. The molecule has 0 saturated heterocycles.